The van der Waals surface area contributed by atoms with Crippen LogP contribution in [-0.4, -0.2) is 43.4 Å². The molecule has 9 heteroatoms. The zero-order valence-electron chi connectivity index (χ0n) is 12.9. The zero-order chi connectivity index (χ0) is 17.0. The third-order valence-electron chi connectivity index (χ3n) is 2.64. The van der Waals surface area contributed by atoms with Crippen LogP contribution in [0.25, 0.3) is 5.69 Å². The fourth-order valence-corrected chi connectivity index (χ4v) is 2.44. The number of carboxylic acids is 1. The number of aromatic nitrogens is 4. The monoisotopic (exact) mass is 334 g/mol. The number of nitrogens with one attached hydrogen (secondary N) is 1. The van der Waals surface area contributed by atoms with Crippen molar-refractivity contribution < 1.29 is 14.7 Å². The number of amides is 1. The molecule has 0 spiro atoms. The Balaban J connectivity index is 2.07. The van der Waals surface area contributed by atoms with Crippen LogP contribution in [0.15, 0.2) is 29.4 Å². The van der Waals surface area contributed by atoms with E-state index in [9.17, 15) is 14.7 Å². The normalized spacial score (nSPS) is 11.3. The van der Waals surface area contributed by atoms with E-state index in [1.54, 1.807) is 12.1 Å². The summed E-state index contributed by atoms with van der Waals surface area (Å²) in [7, 11) is 0. The maximum Gasteiger partial charge on any atom is 0.230 e. The van der Waals surface area contributed by atoms with E-state index in [2.05, 4.69) is 20.8 Å². The number of carbonyl (C=O) groups is 2. The molecule has 0 aliphatic heterocycles. The first-order valence-corrected chi connectivity index (χ1v) is 7.79. The third-order valence-corrected chi connectivity index (χ3v) is 3.55. The van der Waals surface area contributed by atoms with Gasteiger partial charge >= 0.3 is 0 Å². The fourth-order valence-electron chi connectivity index (χ4n) is 1.75. The molecule has 0 aliphatic rings. The second kappa shape index (κ2) is 6.78. The largest absolute Gasteiger partial charge is 0.545 e. The van der Waals surface area contributed by atoms with Crippen molar-refractivity contribution in [2.45, 2.75) is 31.5 Å². The summed E-state index contributed by atoms with van der Waals surface area (Å²) >= 11 is 1.19. The Morgan fingerprint density at radius 1 is 1.26 bits per heavy atom. The first kappa shape index (κ1) is 16.9. The Hall–Kier alpha value is -2.42. The molecule has 0 aliphatic carbocycles. The van der Waals surface area contributed by atoms with Crippen molar-refractivity contribution in [3.8, 4) is 5.69 Å². The number of rotatable bonds is 5. The number of carboxylic acid groups (broad SMARTS) is 1. The van der Waals surface area contributed by atoms with Crippen molar-refractivity contribution in [3.05, 3.63) is 29.8 Å². The quantitative estimate of drug-likeness (QED) is 0.768. The van der Waals surface area contributed by atoms with Crippen molar-refractivity contribution in [1.82, 2.24) is 25.5 Å². The van der Waals surface area contributed by atoms with Crippen molar-refractivity contribution in [1.29, 1.82) is 0 Å². The lowest BCUT2D eigenvalue weighted by Crippen LogP contribution is -2.41. The summed E-state index contributed by atoms with van der Waals surface area (Å²) in [5.74, 6) is -1.19. The van der Waals surface area contributed by atoms with Gasteiger partial charge in [-0.15, -0.1) is 5.10 Å². The van der Waals surface area contributed by atoms with Crippen LogP contribution in [0.2, 0.25) is 0 Å². The van der Waals surface area contributed by atoms with Gasteiger partial charge in [-0.25, -0.2) is 0 Å². The smallest absolute Gasteiger partial charge is 0.230 e. The molecule has 1 aromatic carbocycles. The lowest BCUT2D eigenvalue weighted by molar-refractivity contribution is -0.255. The lowest BCUT2D eigenvalue weighted by Gasteiger charge is -2.20. The highest BCUT2D eigenvalue weighted by Crippen LogP contribution is 2.18. The van der Waals surface area contributed by atoms with Gasteiger partial charge in [0.2, 0.25) is 11.1 Å². The molecular weight excluding hydrogens is 318 g/mol. The number of tetrazole rings is 1. The van der Waals surface area contributed by atoms with Gasteiger partial charge in [-0.05, 0) is 48.9 Å². The molecule has 0 fully saturated rings. The van der Waals surface area contributed by atoms with E-state index in [1.807, 2.05) is 20.8 Å². The van der Waals surface area contributed by atoms with Crippen molar-refractivity contribution in [2.24, 2.45) is 0 Å². The van der Waals surface area contributed by atoms with E-state index in [1.165, 1.54) is 28.6 Å². The van der Waals surface area contributed by atoms with Gasteiger partial charge in [0.05, 0.1) is 17.4 Å². The first-order valence-electron chi connectivity index (χ1n) is 6.80. The summed E-state index contributed by atoms with van der Waals surface area (Å²) in [5.41, 5.74) is 0.365. The topological polar surface area (TPSA) is 113 Å². The molecule has 1 amide bonds. The summed E-state index contributed by atoms with van der Waals surface area (Å²) in [6.45, 7) is 5.70. The Bertz CT molecular complexity index is 706. The van der Waals surface area contributed by atoms with E-state index < -0.39 is 5.97 Å². The van der Waals surface area contributed by atoms with Crippen LogP contribution in [0.1, 0.15) is 31.1 Å². The average Bonchev–Trinajstić information content (AvgIpc) is 2.92. The van der Waals surface area contributed by atoms with Crippen LogP contribution in [0, 0.1) is 0 Å². The van der Waals surface area contributed by atoms with Gasteiger partial charge in [-0.1, -0.05) is 23.9 Å². The van der Waals surface area contributed by atoms with E-state index in [-0.39, 0.29) is 22.8 Å². The van der Waals surface area contributed by atoms with Gasteiger partial charge in [-0.2, -0.15) is 4.68 Å². The highest BCUT2D eigenvalue weighted by Gasteiger charge is 2.16. The maximum absolute atomic E-state index is 11.8. The number of carbonyl (C=O) groups excluding carboxylic acids is 2. The van der Waals surface area contributed by atoms with E-state index in [0.29, 0.717) is 10.8 Å². The highest BCUT2D eigenvalue weighted by atomic mass is 32.2. The van der Waals surface area contributed by atoms with Crippen LogP contribution in [0.4, 0.5) is 0 Å². The molecule has 0 atom stereocenters. The van der Waals surface area contributed by atoms with E-state index >= 15 is 0 Å². The molecule has 0 saturated heterocycles. The van der Waals surface area contributed by atoms with Crippen LogP contribution in [0.3, 0.4) is 0 Å². The molecule has 1 heterocycles. The van der Waals surface area contributed by atoms with E-state index in [4.69, 9.17) is 0 Å². The van der Waals surface area contributed by atoms with E-state index in [0.717, 1.165) is 0 Å². The average molecular weight is 334 g/mol. The number of nitrogens with zero attached hydrogens (tertiary/aromatic N) is 4. The van der Waals surface area contributed by atoms with Crippen LogP contribution in [-0.2, 0) is 4.79 Å². The fraction of sp³-hybridized carbons (Fsp3) is 0.357. The summed E-state index contributed by atoms with van der Waals surface area (Å²) < 4.78 is 1.44. The third kappa shape index (κ3) is 4.78. The molecule has 0 saturated carbocycles. The van der Waals surface area contributed by atoms with Gasteiger partial charge in [0, 0.05) is 5.54 Å². The molecule has 0 bridgehead atoms. The second-order valence-electron chi connectivity index (χ2n) is 5.79. The molecule has 0 unspecified atom stereocenters. The SMILES string of the molecule is CC(C)(C)NC(=O)CSc1nnnn1-c1ccc(C(=O)[O-])cc1. The summed E-state index contributed by atoms with van der Waals surface area (Å²) in [6, 6.07) is 5.96. The Morgan fingerprint density at radius 3 is 2.48 bits per heavy atom. The summed E-state index contributed by atoms with van der Waals surface area (Å²) in [4.78, 5) is 22.6. The molecule has 8 nitrogen and oxygen atoms in total. The van der Waals surface area contributed by atoms with Crippen molar-refractivity contribution in [3.63, 3.8) is 0 Å². The zero-order valence-corrected chi connectivity index (χ0v) is 13.8. The van der Waals surface area contributed by atoms with Crippen LogP contribution < -0.4 is 10.4 Å². The number of hydrogen-bond donors (Lipinski definition) is 1. The van der Waals surface area contributed by atoms with Crippen molar-refractivity contribution >= 4 is 23.6 Å². The molecule has 1 aromatic heterocycles. The molecule has 2 aromatic rings. The Morgan fingerprint density at radius 2 is 1.91 bits per heavy atom. The van der Waals surface area contributed by atoms with Crippen molar-refractivity contribution in [2.75, 3.05) is 5.75 Å². The summed E-state index contributed by atoms with van der Waals surface area (Å²) in [6.07, 6.45) is 0. The Kier molecular flexibility index (Phi) is 4.99. The van der Waals surface area contributed by atoms with Gasteiger partial charge in [0.15, 0.2) is 0 Å². The van der Waals surface area contributed by atoms with Gasteiger partial charge in [0.25, 0.3) is 0 Å². The van der Waals surface area contributed by atoms with Crippen LogP contribution >= 0.6 is 11.8 Å². The maximum atomic E-state index is 11.8. The first-order chi connectivity index (χ1) is 10.8. The predicted octanol–water partition coefficient (Wildman–Crippen LogP) is 0.0326. The standard InChI is InChI=1S/C14H17N5O3S/c1-14(2,3)15-11(20)8-23-13-16-17-18-19(13)10-6-4-9(5-7-10)12(21)22/h4-7H,8H2,1-3H3,(H,15,20)(H,21,22)/p-1. The summed E-state index contributed by atoms with van der Waals surface area (Å²) in [5, 5.41) is 25.4. The number of hydrogen-bond acceptors (Lipinski definition) is 7. The van der Waals surface area contributed by atoms with Crippen LogP contribution in [0.5, 0.6) is 0 Å². The number of aromatic carboxylic acids is 1. The van der Waals surface area contributed by atoms with Gasteiger partial charge < -0.3 is 15.2 Å². The molecule has 2 rings (SSSR count). The highest BCUT2D eigenvalue weighted by molar-refractivity contribution is 7.99. The van der Waals surface area contributed by atoms with Gasteiger partial charge in [-0.3, -0.25) is 4.79 Å². The number of thioether (sulfide) groups is 1. The lowest BCUT2D eigenvalue weighted by atomic mass is 10.1. The second-order valence-corrected chi connectivity index (χ2v) is 6.74. The van der Waals surface area contributed by atoms with Gasteiger partial charge in [0.1, 0.15) is 0 Å². The molecule has 0 radical (unpaired) electrons. The minimum Gasteiger partial charge on any atom is -0.545 e. The molecule has 1 N–H and O–H groups in total. The molecular formula is C14H16N5O3S-. The minimum atomic E-state index is -1.25. The Labute approximate surface area is 137 Å². The molecule has 122 valence electrons. The number of benzene rings is 1. The minimum absolute atomic E-state index is 0.0700. The molecule has 23 heavy (non-hydrogen) atoms. The predicted molar refractivity (Wildman–Crippen MR) is 82.1 cm³/mol.